The van der Waals surface area contributed by atoms with Gasteiger partial charge in [0.25, 0.3) is 0 Å². The zero-order chi connectivity index (χ0) is 34.1. The van der Waals surface area contributed by atoms with Crippen LogP contribution in [0.3, 0.4) is 0 Å². The highest BCUT2D eigenvalue weighted by Gasteiger charge is 2.39. The van der Waals surface area contributed by atoms with Gasteiger partial charge in [-0.15, -0.1) is 0 Å². The van der Waals surface area contributed by atoms with Gasteiger partial charge in [-0.3, -0.25) is 0 Å². The first kappa shape index (κ1) is 37.8. The molecule has 258 valence electrons. The molecule has 47 heavy (non-hydrogen) atoms. The summed E-state index contributed by atoms with van der Waals surface area (Å²) in [4.78, 5) is 12.0. The SMILES string of the molecule is CCC(CCNC(=O)OC(C)(C)C)(C1=CCC(O)C=C1)C1=CC=C(Br)CC1.OC1C=CC(C2(C3=CC=C(Br)CC3)CCNCC2)=CC1. The van der Waals surface area contributed by atoms with E-state index in [4.69, 9.17) is 4.74 Å². The Morgan fingerprint density at radius 3 is 2.09 bits per heavy atom. The number of halogens is 2. The molecule has 4 N–H and O–H groups in total. The van der Waals surface area contributed by atoms with E-state index in [0.29, 0.717) is 13.0 Å². The summed E-state index contributed by atoms with van der Waals surface area (Å²) in [5.41, 5.74) is 5.14. The molecule has 5 aliphatic rings. The van der Waals surface area contributed by atoms with Gasteiger partial charge in [0.2, 0.25) is 0 Å². The fourth-order valence-electron chi connectivity index (χ4n) is 7.39. The van der Waals surface area contributed by atoms with Gasteiger partial charge < -0.3 is 25.6 Å². The van der Waals surface area contributed by atoms with Crippen LogP contribution in [0, 0.1) is 10.8 Å². The molecule has 0 saturated carbocycles. The predicted molar refractivity (Wildman–Crippen MR) is 200 cm³/mol. The molecule has 1 heterocycles. The normalized spacial score (nSPS) is 25.4. The fraction of sp³-hybridized carbons (Fsp3) is 0.564. The second-order valence-corrected chi connectivity index (χ2v) is 16.2. The Morgan fingerprint density at radius 2 is 1.57 bits per heavy atom. The van der Waals surface area contributed by atoms with Gasteiger partial charge in [-0.25, -0.2) is 4.79 Å². The minimum Gasteiger partial charge on any atom is -0.444 e. The second-order valence-electron chi connectivity index (χ2n) is 14.2. The number of nitrogens with one attached hydrogen (secondary N) is 2. The van der Waals surface area contributed by atoms with Gasteiger partial charge >= 0.3 is 6.09 Å². The van der Waals surface area contributed by atoms with E-state index in [0.717, 1.165) is 70.9 Å². The van der Waals surface area contributed by atoms with Crippen LogP contribution in [0.25, 0.3) is 0 Å². The first-order valence-electron chi connectivity index (χ1n) is 17.3. The minimum absolute atomic E-state index is 0.143. The van der Waals surface area contributed by atoms with Crippen molar-refractivity contribution in [3.05, 3.63) is 92.0 Å². The Morgan fingerprint density at radius 1 is 0.936 bits per heavy atom. The van der Waals surface area contributed by atoms with Gasteiger partial charge in [-0.1, -0.05) is 111 Å². The van der Waals surface area contributed by atoms with Crippen molar-refractivity contribution in [3.8, 4) is 0 Å². The summed E-state index contributed by atoms with van der Waals surface area (Å²) in [6.45, 7) is 10.5. The number of carbonyl (C=O) groups is 1. The lowest BCUT2D eigenvalue weighted by Gasteiger charge is -2.43. The Hall–Kier alpha value is -1.97. The van der Waals surface area contributed by atoms with Crippen molar-refractivity contribution < 1.29 is 19.7 Å². The van der Waals surface area contributed by atoms with Crippen molar-refractivity contribution in [1.82, 2.24) is 10.6 Å². The lowest BCUT2D eigenvalue weighted by molar-refractivity contribution is 0.0523. The van der Waals surface area contributed by atoms with E-state index in [9.17, 15) is 15.0 Å². The molecule has 5 rings (SSSR count). The molecule has 8 heteroatoms. The molecular formula is C39H54Br2N2O4. The minimum atomic E-state index is -0.500. The third-order valence-electron chi connectivity index (χ3n) is 9.97. The highest BCUT2D eigenvalue weighted by Crippen LogP contribution is 2.49. The molecule has 1 fully saturated rings. The molecule has 6 nitrogen and oxygen atoms in total. The van der Waals surface area contributed by atoms with Crippen molar-refractivity contribution in [3.63, 3.8) is 0 Å². The van der Waals surface area contributed by atoms with E-state index >= 15 is 0 Å². The Balaban J connectivity index is 0.000000221. The average Bonchev–Trinajstić information content (AvgIpc) is 3.05. The first-order valence-corrected chi connectivity index (χ1v) is 18.9. The quantitative estimate of drug-likeness (QED) is 0.198. The van der Waals surface area contributed by atoms with Crippen LogP contribution in [0.5, 0.6) is 0 Å². The van der Waals surface area contributed by atoms with Crippen LogP contribution in [-0.4, -0.2) is 53.7 Å². The van der Waals surface area contributed by atoms with Gasteiger partial charge in [0.1, 0.15) is 5.60 Å². The van der Waals surface area contributed by atoms with Crippen LogP contribution in [0.2, 0.25) is 0 Å². The first-order chi connectivity index (χ1) is 22.4. The van der Waals surface area contributed by atoms with Crippen LogP contribution >= 0.6 is 31.9 Å². The van der Waals surface area contributed by atoms with E-state index < -0.39 is 11.7 Å². The third-order valence-corrected chi connectivity index (χ3v) is 11.3. The number of amides is 1. The smallest absolute Gasteiger partial charge is 0.407 e. The van der Waals surface area contributed by atoms with Crippen LogP contribution in [-0.2, 0) is 4.74 Å². The van der Waals surface area contributed by atoms with Gasteiger partial charge in [-0.05, 0) is 118 Å². The zero-order valence-electron chi connectivity index (χ0n) is 28.6. The molecule has 0 aromatic carbocycles. The Labute approximate surface area is 299 Å². The molecule has 1 aliphatic heterocycles. The van der Waals surface area contributed by atoms with Crippen molar-refractivity contribution in [2.45, 2.75) is 110 Å². The highest BCUT2D eigenvalue weighted by atomic mass is 79.9. The number of carbonyl (C=O) groups excluding carboxylic acids is 1. The topological polar surface area (TPSA) is 90.8 Å². The molecule has 0 aromatic heterocycles. The Kier molecular flexibility index (Phi) is 13.8. The maximum absolute atomic E-state index is 12.0. The molecule has 0 radical (unpaired) electrons. The summed E-state index contributed by atoms with van der Waals surface area (Å²) in [6.07, 6.45) is 29.9. The molecular weight excluding hydrogens is 720 g/mol. The number of aliphatic hydroxyl groups is 2. The summed E-state index contributed by atoms with van der Waals surface area (Å²) in [5, 5.41) is 25.9. The maximum Gasteiger partial charge on any atom is 0.407 e. The van der Waals surface area contributed by atoms with Gasteiger partial charge in [0.05, 0.1) is 12.2 Å². The zero-order valence-corrected chi connectivity index (χ0v) is 31.8. The number of ether oxygens (including phenoxy) is 1. The standard InChI is InChI=1S/C22H32BrNO3.C17H22BrNO/c1-5-22(16-6-10-18(23)11-7-16,17-8-12-19(25)13-9-17)14-15-24-20(26)27-21(2,3)4;18-15-5-1-13(2-6-15)17(9-11-19-12-10-17)14-3-7-16(20)8-4-14/h6,8-10,12,19,25H,5,7,11,13-15H2,1-4H3,(H,24,26);1,3-5,7,16,19-20H,2,6,8-12H2. The molecule has 3 unspecified atom stereocenters. The number of aliphatic hydroxyl groups excluding tert-OH is 2. The molecule has 0 aromatic rings. The van der Waals surface area contributed by atoms with Crippen LogP contribution < -0.4 is 10.6 Å². The lowest BCUT2D eigenvalue weighted by Crippen LogP contribution is -2.39. The van der Waals surface area contributed by atoms with Crippen LogP contribution in [0.15, 0.2) is 92.0 Å². The summed E-state index contributed by atoms with van der Waals surface area (Å²) < 4.78 is 7.88. The van der Waals surface area contributed by atoms with Crippen molar-refractivity contribution >= 4 is 38.0 Å². The molecule has 1 saturated heterocycles. The third kappa shape index (κ3) is 10.3. The van der Waals surface area contributed by atoms with E-state index in [1.54, 1.807) is 5.57 Å². The van der Waals surface area contributed by atoms with Crippen LogP contribution in [0.1, 0.15) is 91.9 Å². The summed E-state index contributed by atoms with van der Waals surface area (Å²) in [6, 6.07) is 0. The Bertz CT molecular complexity index is 1370. The number of hydrogen-bond acceptors (Lipinski definition) is 5. The fourth-order valence-corrected chi connectivity index (χ4v) is 8.05. The molecule has 3 atom stereocenters. The number of hydrogen-bond donors (Lipinski definition) is 4. The summed E-state index contributed by atoms with van der Waals surface area (Å²) >= 11 is 7.19. The largest absolute Gasteiger partial charge is 0.444 e. The maximum atomic E-state index is 12.0. The molecule has 0 bridgehead atoms. The van der Waals surface area contributed by atoms with Crippen LogP contribution in [0.4, 0.5) is 4.79 Å². The molecule has 1 amide bonds. The van der Waals surface area contributed by atoms with E-state index in [1.165, 1.54) is 25.7 Å². The number of rotatable bonds is 8. The molecule has 0 spiro atoms. The monoisotopic (exact) mass is 772 g/mol. The molecule has 4 aliphatic carbocycles. The van der Waals surface area contributed by atoms with Gasteiger partial charge in [0.15, 0.2) is 0 Å². The number of alkyl carbamates (subject to hydrolysis) is 1. The predicted octanol–water partition coefficient (Wildman–Crippen LogP) is 9.15. The number of allylic oxidation sites excluding steroid dienone is 12. The number of piperidine rings is 1. The average molecular weight is 775 g/mol. The van der Waals surface area contributed by atoms with Gasteiger partial charge in [0, 0.05) is 17.4 Å². The van der Waals surface area contributed by atoms with Crippen molar-refractivity contribution in [2.24, 2.45) is 10.8 Å². The highest BCUT2D eigenvalue weighted by molar-refractivity contribution is 9.12. The second kappa shape index (κ2) is 17.1. The van der Waals surface area contributed by atoms with Crippen molar-refractivity contribution in [2.75, 3.05) is 19.6 Å². The summed E-state index contributed by atoms with van der Waals surface area (Å²) in [7, 11) is 0. The lowest BCUT2D eigenvalue weighted by atomic mass is 9.64. The van der Waals surface area contributed by atoms with E-state index in [2.05, 4.69) is 98.0 Å². The van der Waals surface area contributed by atoms with Crippen molar-refractivity contribution in [1.29, 1.82) is 0 Å². The van der Waals surface area contributed by atoms with Gasteiger partial charge in [-0.2, -0.15) is 0 Å². The van der Waals surface area contributed by atoms with E-state index in [-0.39, 0.29) is 23.0 Å². The summed E-state index contributed by atoms with van der Waals surface area (Å²) in [5.74, 6) is 0. The van der Waals surface area contributed by atoms with E-state index in [1.807, 2.05) is 32.9 Å².